The Morgan fingerprint density at radius 2 is 1.74 bits per heavy atom. The minimum atomic E-state index is -0.655. The van der Waals surface area contributed by atoms with Crippen LogP contribution < -0.4 is 19.7 Å². The molecule has 0 aromatic heterocycles. The van der Waals surface area contributed by atoms with Crippen LogP contribution in [-0.2, 0) is 16.1 Å². The van der Waals surface area contributed by atoms with Gasteiger partial charge in [-0.05, 0) is 42.7 Å². The van der Waals surface area contributed by atoms with Gasteiger partial charge < -0.3 is 19.7 Å². The fraction of sp³-hybridized carbons (Fsp3) is 0.333. The van der Waals surface area contributed by atoms with E-state index in [1.165, 1.54) is 6.92 Å². The number of ether oxygens (including phenoxy) is 2. The van der Waals surface area contributed by atoms with Gasteiger partial charge >= 0.3 is 0 Å². The van der Waals surface area contributed by atoms with E-state index in [0.29, 0.717) is 18.0 Å². The van der Waals surface area contributed by atoms with Crippen molar-refractivity contribution in [2.45, 2.75) is 33.4 Å². The number of aryl methyl sites for hydroxylation is 2. The summed E-state index contributed by atoms with van der Waals surface area (Å²) in [4.78, 5) is 26.5. The largest absolute Gasteiger partial charge is 0.493 e. The van der Waals surface area contributed by atoms with Gasteiger partial charge in [0, 0.05) is 12.5 Å². The standard InChI is InChI=1S/C21H24N2O4/c1-12-6-7-13(2)20-18(12)19(22-14(3)24)21(25)23(20)11-15-8-9-16(26-4)17(10-15)27-5/h6-10,19H,11H2,1-5H3,(H,22,24)/t19-/m0/s1. The van der Waals surface area contributed by atoms with Crippen LogP contribution in [0, 0.1) is 13.8 Å². The Balaban J connectivity index is 2.03. The van der Waals surface area contributed by atoms with Gasteiger partial charge in [-0.1, -0.05) is 18.2 Å². The van der Waals surface area contributed by atoms with Gasteiger partial charge in [-0.15, -0.1) is 0 Å². The normalized spacial score (nSPS) is 15.5. The second-order valence-electron chi connectivity index (χ2n) is 6.71. The number of nitrogens with zero attached hydrogens (tertiary/aromatic N) is 1. The first-order chi connectivity index (χ1) is 12.9. The monoisotopic (exact) mass is 368 g/mol. The lowest BCUT2D eigenvalue weighted by Crippen LogP contribution is -2.36. The van der Waals surface area contributed by atoms with E-state index in [1.807, 2.05) is 44.2 Å². The molecule has 0 bridgehead atoms. The SMILES string of the molecule is COc1ccc(CN2C(=O)[C@@H](NC(C)=O)c3c(C)ccc(C)c32)cc1OC. The lowest BCUT2D eigenvalue weighted by molar-refractivity contribution is -0.126. The summed E-state index contributed by atoms with van der Waals surface area (Å²) in [7, 11) is 3.17. The Labute approximate surface area is 159 Å². The third-order valence-corrected chi connectivity index (χ3v) is 4.84. The molecule has 1 aliphatic rings. The number of rotatable bonds is 5. The third kappa shape index (κ3) is 3.35. The highest BCUT2D eigenvalue weighted by Crippen LogP contribution is 2.41. The van der Waals surface area contributed by atoms with Crippen molar-refractivity contribution in [3.63, 3.8) is 0 Å². The number of carbonyl (C=O) groups is 2. The molecule has 0 saturated carbocycles. The molecule has 1 aliphatic heterocycles. The van der Waals surface area contributed by atoms with Crippen molar-refractivity contribution in [3.8, 4) is 11.5 Å². The summed E-state index contributed by atoms with van der Waals surface area (Å²) >= 11 is 0. The first-order valence-electron chi connectivity index (χ1n) is 8.76. The Morgan fingerprint density at radius 3 is 2.37 bits per heavy atom. The summed E-state index contributed by atoms with van der Waals surface area (Å²) in [5, 5.41) is 2.80. The predicted molar refractivity (Wildman–Crippen MR) is 103 cm³/mol. The molecule has 0 unspecified atom stereocenters. The highest BCUT2D eigenvalue weighted by Gasteiger charge is 2.39. The van der Waals surface area contributed by atoms with E-state index >= 15 is 0 Å². The fourth-order valence-electron chi connectivity index (χ4n) is 3.59. The number of benzene rings is 2. The first kappa shape index (κ1) is 18.8. The molecule has 142 valence electrons. The number of hydrogen-bond acceptors (Lipinski definition) is 4. The molecule has 27 heavy (non-hydrogen) atoms. The lowest BCUT2D eigenvalue weighted by Gasteiger charge is -2.20. The number of nitrogens with one attached hydrogen (secondary N) is 1. The molecular weight excluding hydrogens is 344 g/mol. The molecule has 0 saturated heterocycles. The molecular formula is C21H24N2O4. The molecule has 1 N–H and O–H groups in total. The maximum Gasteiger partial charge on any atom is 0.254 e. The summed E-state index contributed by atoms with van der Waals surface area (Å²) in [6.07, 6.45) is 0. The van der Waals surface area contributed by atoms with Gasteiger partial charge in [0.1, 0.15) is 6.04 Å². The van der Waals surface area contributed by atoms with Crippen molar-refractivity contribution >= 4 is 17.5 Å². The van der Waals surface area contributed by atoms with E-state index in [2.05, 4.69) is 5.32 Å². The quantitative estimate of drug-likeness (QED) is 0.881. The molecule has 3 rings (SSSR count). The van der Waals surface area contributed by atoms with Crippen molar-refractivity contribution in [1.82, 2.24) is 5.32 Å². The smallest absolute Gasteiger partial charge is 0.254 e. The van der Waals surface area contributed by atoms with Gasteiger partial charge in [-0.3, -0.25) is 9.59 Å². The Morgan fingerprint density at radius 1 is 1.07 bits per heavy atom. The van der Waals surface area contributed by atoms with Crippen molar-refractivity contribution in [2.75, 3.05) is 19.1 Å². The maximum absolute atomic E-state index is 13.1. The van der Waals surface area contributed by atoms with Crippen LogP contribution >= 0.6 is 0 Å². The Hall–Kier alpha value is -3.02. The molecule has 0 spiro atoms. The highest BCUT2D eigenvalue weighted by molar-refractivity contribution is 6.07. The number of carbonyl (C=O) groups excluding carboxylic acids is 2. The molecule has 2 aromatic carbocycles. The Bertz CT molecular complexity index is 907. The van der Waals surface area contributed by atoms with Crippen LogP contribution in [0.2, 0.25) is 0 Å². The molecule has 2 aromatic rings. The van der Waals surface area contributed by atoms with E-state index < -0.39 is 6.04 Å². The van der Waals surface area contributed by atoms with Gasteiger partial charge in [-0.25, -0.2) is 0 Å². The van der Waals surface area contributed by atoms with E-state index in [0.717, 1.165) is 27.9 Å². The molecule has 2 amide bonds. The summed E-state index contributed by atoms with van der Waals surface area (Å²) in [5.74, 6) is 0.888. The van der Waals surface area contributed by atoms with Gasteiger partial charge in [-0.2, -0.15) is 0 Å². The average Bonchev–Trinajstić information content (AvgIpc) is 2.91. The molecule has 0 fully saturated rings. The fourth-order valence-corrected chi connectivity index (χ4v) is 3.59. The van der Waals surface area contributed by atoms with Crippen molar-refractivity contribution in [1.29, 1.82) is 0 Å². The summed E-state index contributed by atoms with van der Waals surface area (Å²) in [5.41, 5.74) is 4.63. The van der Waals surface area contributed by atoms with Crippen molar-refractivity contribution in [2.24, 2.45) is 0 Å². The van der Waals surface area contributed by atoms with Gasteiger partial charge in [0.05, 0.1) is 26.5 Å². The van der Waals surface area contributed by atoms with Crippen LogP contribution in [0.5, 0.6) is 11.5 Å². The lowest BCUT2D eigenvalue weighted by atomic mass is 9.99. The average molecular weight is 368 g/mol. The van der Waals surface area contributed by atoms with Crippen LogP contribution in [0.25, 0.3) is 0 Å². The van der Waals surface area contributed by atoms with Crippen LogP contribution in [0.15, 0.2) is 30.3 Å². The van der Waals surface area contributed by atoms with E-state index in [9.17, 15) is 9.59 Å². The minimum Gasteiger partial charge on any atom is -0.493 e. The second kappa shape index (κ2) is 7.31. The van der Waals surface area contributed by atoms with Crippen molar-refractivity contribution < 1.29 is 19.1 Å². The van der Waals surface area contributed by atoms with Gasteiger partial charge in [0.25, 0.3) is 5.91 Å². The zero-order chi connectivity index (χ0) is 19.7. The third-order valence-electron chi connectivity index (χ3n) is 4.84. The van der Waals surface area contributed by atoms with Gasteiger partial charge in [0.15, 0.2) is 11.5 Å². The molecule has 1 atom stereocenters. The van der Waals surface area contributed by atoms with Crippen molar-refractivity contribution in [3.05, 3.63) is 52.6 Å². The topological polar surface area (TPSA) is 67.9 Å². The summed E-state index contributed by atoms with van der Waals surface area (Å²) < 4.78 is 10.7. The number of anilines is 1. The number of fused-ring (bicyclic) bond motifs is 1. The predicted octanol–water partition coefficient (Wildman–Crippen LogP) is 3.04. The number of amides is 2. The van der Waals surface area contributed by atoms with Gasteiger partial charge in [0.2, 0.25) is 5.91 Å². The van der Waals surface area contributed by atoms with Crippen LogP contribution in [0.4, 0.5) is 5.69 Å². The highest BCUT2D eigenvalue weighted by atomic mass is 16.5. The maximum atomic E-state index is 13.1. The zero-order valence-electron chi connectivity index (χ0n) is 16.3. The summed E-state index contributed by atoms with van der Waals surface area (Å²) in [6, 6.07) is 8.92. The van der Waals surface area contributed by atoms with Crippen LogP contribution in [-0.4, -0.2) is 26.0 Å². The summed E-state index contributed by atoms with van der Waals surface area (Å²) in [6.45, 7) is 5.74. The van der Waals surface area contributed by atoms with E-state index in [-0.39, 0.29) is 11.8 Å². The minimum absolute atomic E-state index is 0.132. The molecule has 0 radical (unpaired) electrons. The number of hydrogen-bond donors (Lipinski definition) is 1. The molecule has 6 nitrogen and oxygen atoms in total. The molecule has 0 aliphatic carbocycles. The molecule has 6 heteroatoms. The second-order valence-corrected chi connectivity index (χ2v) is 6.71. The van der Waals surface area contributed by atoms with E-state index in [4.69, 9.17) is 9.47 Å². The Kier molecular flexibility index (Phi) is 5.08. The molecule has 1 heterocycles. The number of methoxy groups -OCH3 is 2. The van der Waals surface area contributed by atoms with E-state index in [1.54, 1.807) is 19.1 Å². The van der Waals surface area contributed by atoms with Crippen LogP contribution in [0.1, 0.15) is 35.2 Å². The first-order valence-corrected chi connectivity index (χ1v) is 8.76. The zero-order valence-corrected chi connectivity index (χ0v) is 16.3. The van der Waals surface area contributed by atoms with Crippen LogP contribution in [0.3, 0.4) is 0 Å².